The molecule has 1 aliphatic heterocycles. The van der Waals surface area contributed by atoms with Crippen LogP contribution >= 0.6 is 23.2 Å². The number of pyridine rings is 1. The summed E-state index contributed by atoms with van der Waals surface area (Å²) in [4.78, 5) is 8.84. The number of benzene rings is 3. The molecule has 0 radical (unpaired) electrons. The van der Waals surface area contributed by atoms with E-state index >= 15 is 0 Å². The molecule has 1 atom stereocenters. The average Bonchev–Trinajstić information content (AvgIpc) is 2.88. The third-order valence-corrected chi connectivity index (χ3v) is 7.39. The molecule has 1 fully saturated rings. The number of aromatic nitrogens is 1. The molecule has 0 bridgehead atoms. The molecule has 4 nitrogen and oxygen atoms in total. The van der Waals surface area contributed by atoms with Crippen LogP contribution in [-0.4, -0.2) is 36.1 Å². The molecule has 1 aromatic heterocycles. The van der Waals surface area contributed by atoms with Gasteiger partial charge in [-0.3, -0.25) is 9.88 Å². The Hall–Kier alpha value is -3.00. The third kappa shape index (κ3) is 5.64. The van der Waals surface area contributed by atoms with E-state index in [2.05, 4.69) is 39.2 Å². The fraction of sp³-hybridized carbons (Fsp3) is 0.250. The van der Waals surface area contributed by atoms with E-state index in [0.717, 1.165) is 49.7 Å². The van der Waals surface area contributed by atoms with Gasteiger partial charge >= 0.3 is 6.18 Å². The van der Waals surface area contributed by atoms with Crippen LogP contribution in [0.3, 0.4) is 0 Å². The van der Waals surface area contributed by atoms with Crippen molar-refractivity contribution in [2.24, 2.45) is 0 Å². The van der Waals surface area contributed by atoms with Crippen LogP contribution in [-0.2, 0) is 6.18 Å². The Morgan fingerprint density at radius 1 is 0.892 bits per heavy atom. The van der Waals surface area contributed by atoms with Crippen LogP contribution < -0.4 is 10.2 Å². The lowest BCUT2D eigenvalue weighted by Gasteiger charge is -2.39. The van der Waals surface area contributed by atoms with Gasteiger partial charge in [-0.05, 0) is 61.0 Å². The second-order valence-electron chi connectivity index (χ2n) is 9.13. The van der Waals surface area contributed by atoms with E-state index < -0.39 is 11.7 Å². The summed E-state index contributed by atoms with van der Waals surface area (Å²) < 4.78 is 39.2. The number of hydrogen-bond acceptors (Lipinski definition) is 4. The van der Waals surface area contributed by atoms with Crippen molar-refractivity contribution >= 4 is 51.2 Å². The Kier molecular flexibility index (Phi) is 7.21. The van der Waals surface area contributed by atoms with Gasteiger partial charge in [0.1, 0.15) is 0 Å². The number of alkyl halides is 3. The first-order valence-electron chi connectivity index (χ1n) is 12.0. The van der Waals surface area contributed by atoms with Gasteiger partial charge in [0.15, 0.2) is 0 Å². The van der Waals surface area contributed by atoms with Gasteiger partial charge in [-0.2, -0.15) is 13.2 Å². The highest BCUT2D eigenvalue weighted by molar-refractivity contribution is 6.36. The van der Waals surface area contributed by atoms with E-state index in [1.54, 1.807) is 12.1 Å². The number of rotatable bonds is 5. The summed E-state index contributed by atoms with van der Waals surface area (Å²) >= 11 is 12.4. The molecule has 0 amide bonds. The Balaban J connectivity index is 1.24. The zero-order valence-electron chi connectivity index (χ0n) is 20.1. The lowest BCUT2D eigenvalue weighted by molar-refractivity contribution is -0.137. The molecular formula is C28H25Cl2F3N4. The van der Waals surface area contributed by atoms with Gasteiger partial charge < -0.3 is 10.2 Å². The van der Waals surface area contributed by atoms with Crippen molar-refractivity contribution in [2.75, 3.05) is 36.4 Å². The summed E-state index contributed by atoms with van der Waals surface area (Å²) in [6, 6.07) is 19.4. The molecule has 1 N–H and O–H groups in total. The zero-order valence-corrected chi connectivity index (χ0v) is 21.6. The fourth-order valence-corrected chi connectivity index (χ4v) is 5.26. The largest absolute Gasteiger partial charge is 0.416 e. The molecule has 1 saturated heterocycles. The van der Waals surface area contributed by atoms with E-state index in [1.165, 1.54) is 17.8 Å². The van der Waals surface area contributed by atoms with Crippen LogP contribution in [0.15, 0.2) is 72.9 Å². The van der Waals surface area contributed by atoms with Gasteiger partial charge in [-0.15, -0.1) is 0 Å². The second kappa shape index (κ2) is 10.4. The summed E-state index contributed by atoms with van der Waals surface area (Å²) in [6.07, 6.45) is -2.89. The van der Waals surface area contributed by atoms with Gasteiger partial charge in [0.25, 0.3) is 0 Å². The lowest BCUT2D eigenvalue weighted by Crippen LogP contribution is -2.47. The van der Waals surface area contributed by atoms with Crippen molar-refractivity contribution in [1.82, 2.24) is 9.88 Å². The van der Waals surface area contributed by atoms with Crippen LogP contribution in [0.2, 0.25) is 10.0 Å². The Bertz CT molecular complexity index is 1400. The highest BCUT2D eigenvalue weighted by Crippen LogP contribution is 2.34. The highest BCUT2D eigenvalue weighted by atomic mass is 35.5. The third-order valence-electron chi connectivity index (χ3n) is 6.85. The Labute approximate surface area is 223 Å². The van der Waals surface area contributed by atoms with Crippen molar-refractivity contribution in [3.05, 3.63) is 94.1 Å². The van der Waals surface area contributed by atoms with Crippen molar-refractivity contribution in [3.63, 3.8) is 0 Å². The van der Waals surface area contributed by atoms with Crippen molar-refractivity contribution in [3.8, 4) is 0 Å². The molecular weight excluding hydrogens is 520 g/mol. The molecule has 4 aromatic rings. The van der Waals surface area contributed by atoms with E-state index in [1.807, 2.05) is 24.3 Å². The molecule has 2 heterocycles. The molecule has 0 aliphatic carbocycles. The number of anilines is 3. The van der Waals surface area contributed by atoms with E-state index in [0.29, 0.717) is 26.6 Å². The first kappa shape index (κ1) is 25.6. The second-order valence-corrected chi connectivity index (χ2v) is 9.97. The summed E-state index contributed by atoms with van der Waals surface area (Å²) in [5.41, 5.74) is 3.34. The van der Waals surface area contributed by atoms with Gasteiger partial charge in [0, 0.05) is 60.2 Å². The Morgan fingerprint density at radius 3 is 2.30 bits per heavy atom. The van der Waals surface area contributed by atoms with Crippen LogP contribution in [0, 0.1) is 0 Å². The van der Waals surface area contributed by atoms with E-state index in [4.69, 9.17) is 23.2 Å². The smallest absolute Gasteiger partial charge is 0.368 e. The summed E-state index contributed by atoms with van der Waals surface area (Å²) in [5, 5.41) is 5.25. The number of fused-ring (bicyclic) bond motifs is 1. The average molecular weight is 545 g/mol. The molecule has 0 saturated carbocycles. The Morgan fingerprint density at radius 2 is 1.62 bits per heavy atom. The predicted octanol–water partition coefficient (Wildman–Crippen LogP) is 8.19. The molecule has 3 aromatic carbocycles. The number of nitrogens with zero attached hydrogens (tertiary/aromatic N) is 3. The standard InChI is InChI=1S/C28H25Cl2F3N4/c1-18(36-12-14-37(15-13-36)27-9-5-21(29)17-24(27)30)19-2-6-22(7-3-19)35-25-10-11-34-26-16-20(28(31,32)33)4-8-23(25)26/h2-11,16-18H,12-15H2,1H3,(H,34,35). The molecule has 1 aliphatic rings. The maximum absolute atomic E-state index is 13.1. The number of halogens is 5. The quantitative estimate of drug-likeness (QED) is 0.274. The molecule has 37 heavy (non-hydrogen) atoms. The van der Waals surface area contributed by atoms with Crippen LogP contribution in [0.5, 0.6) is 0 Å². The lowest BCUT2D eigenvalue weighted by atomic mass is 10.0. The minimum atomic E-state index is -4.40. The van der Waals surface area contributed by atoms with Crippen molar-refractivity contribution < 1.29 is 13.2 Å². The van der Waals surface area contributed by atoms with E-state index in [-0.39, 0.29) is 6.04 Å². The first-order valence-corrected chi connectivity index (χ1v) is 12.7. The summed E-state index contributed by atoms with van der Waals surface area (Å²) in [6.45, 7) is 5.75. The highest BCUT2D eigenvalue weighted by Gasteiger charge is 2.30. The molecule has 9 heteroatoms. The minimum Gasteiger partial charge on any atom is -0.368 e. The number of nitrogens with one attached hydrogen (secondary N) is 1. The van der Waals surface area contributed by atoms with Gasteiger partial charge in [0.05, 0.1) is 21.8 Å². The maximum Gasteiger partial charge on any atom is 0.416 e. The summed E-state index contributed by atoms with van der Waals surface area (Å²) in [7, 11) is 0. The van der Waals surface area contributed by atoms with Crippen LogP contribution in [0.1, 0.15) is 24.1 Å². The maximum atomic E-state index is 13.1. The first-order chi connectivity index (χ1) is 17.7. The molecule has 0 spiro atoms. The molecule has 1 unspecified atom stereocenters. The minimum absolute atomic E-state index is 0.236. The van der Waals surface area contributed by atoms with Gasteiger partial charge in [-0.1, -0.05) is 41.4 Å². The van der Waals surface area contributed by atoms with Crippen molar-refractivity contribution in [1.29, 1.82) is 0 Å². The SMILES string of the molecule is CC(c1ccc(Nc2ccnc3cc(C(F)(F)F)ccc23)cc1)N1CCN(c2ccc(Cl)cc2Cl)CC1. The van der Waals surface area contributed by atoms with Crippen LogP contribution in [0.4, 0.5) is 30.2 Å². The summed E-state index contributed by atoms with van der Waals surface area (Å²) in [5.74, 6) is 0. The topological polar surface area (TPSA) is 31.4 Å². The van der Waals surface area contributed by atoms with Crippen LogP contribution in [0.25, 0.3) is 10.9 Å². The van der Waals surface area contributed by atoms with Gasteiger partial charge in [-0.25, -0.2) is 0 Å². The molecule has 192 valence electrons. The van der Waals surface area contributed by atoms with E-state index in [9.17, 15) is 13.2 Å². The van der Waals surface area contributed by atoms with Gasteiger partial charge in [0.2, 0.25) is 0 Å². The predicted molar refractivity (Wildman–Crippen MR) is 145 cm³/mol. The zero-order chi connectivity index (χ0) is 26.2. The normalized spacial score (nSPS) is 15.7. The van der Waals surface area contributed by atoms with Crippen molar-refractivity contribution in [2.45, 2.75) is 19.1 Å². The fourth-order valence-electron chi connectivity index (χ4n) is 4.73. The number of hydrogen-bond donors (Lipinski definition) is 1. The number of piperazine rings is 1. The molecule has 5 rings (SSSR count). The monoisotopic (exact) mass is 544 g/mol.